The number of rotatable bonds is 5. The van der Waals surface area contributed by atoms with E-state index in [4.69, 9.17) is 4.74 Å². The van der Waals surface area contributed by atoms with Crippen molar-refractivity contribution >= 4 is 17.7 Å². The second kappa shape index (κ2) is 6.57. The summed E-state index contributed by atoms with van der Waals surface area (Å²) in [6.07, 6.45) is 3.97. The fourth-order valence-electron chi connectivity index (χ4n) is 2.43. The van der Waals surface area contributed by atoms with Crippen molar-refractivity contribution < 1.29 is 19.4 Å². The van der Waals surface area contributed by atoms with E-state index in [1.54, 1.807) is 29.0 Å². The first-order chi connectivity index (χ1) is 10.0. The Morgan fingerprint density at radius 2 is 2.33 bits per heavy atom. The van der Waals surface area contributed by atoms with Gasteiger partial charge in [0.15, 0.2) is 0 Å². The molecule has 0 aliphatic carbocycles. The van der Waals surface area contributed by atoms with Gasteiger partial charge in [0.05, 0.1) is 31.1 Å². The van der Waals surface area contributed by atoms with Crippen LogP contribution in [-0.2, 0) is 16.6 Å². The number of carbonyl (C=O) groups is 2. The van der Waals surface area contributed by atoms with Crippen LogP contribution in [-0.4, -0.2) is 57.6 Å². The summed E-state index contributed by atoms with van der Waals surface area (Å²) in [4.78, 5) is 25.2. The molecule has 8 nitrogen and oxygen atoms in total. The van der Waals surface area contributed by atoms with Gasteiger partial charge in [0.1, 0.15) is 5.92 Å². The number of ether oxygens (including phenoxy) is 1. The number of urea groups is 1. The lowest BCUT2D eigenvalue weighted by molar-refractivity contribution is -0.142. The van der Waals surface area contributed by atoms with E-state index in [-0.39, 0.29) is 19.2 Å². The van der Waals surface area contributed by atoms with Crippen molar-refractivity contribution in [3.8, 4) is 0 Å². The van der Waals surface area contributed by atoms with E-state index < -0.39 is 17.9 Å². The van der Waals surface area contributed by atoms with Crippen molar-refractivity contribution in [1.82, 2.24) is 14.7 Å². The molecule has 0 spiro atoms. The molecule has 0 bridgehead atoms. The van der Waals surface area contributed by atoms with Gasteiger partial charge in [0.25, 0.3) is 0 Å². The first-order valence-corrected chi connectivity index (χ1v) is 6.89. The Morgan fingerprint density at radius 3 is 2.90 bits per heavy atom. The maximum atomic E-state index is 12.4. The van der Waals surface area contributed by atoms with Gasteiger partial charge in [0, 0.05) is 19.8 Å². The molecule has 8 heteroatoms. The zero-order valence-corrected chi connectivity index (χ0v) is 12.2. The van der Waals surface area contributed by atoms with Crippen LogP contribution in [0.2, 0.25) is 0 Å². The zero-order valence-electron chi connectivity index (χ0n) is 12.2. The molecule has 1 saturated heterocycles. The second-order valence-corrected chi connectivity index (χ2v) is 5.08. The number of carboxylic acids is 1. The number of carbonyl (C=O) groups excluding carboxylic acids is 1. The molecule has 116 valence electrons. The van der Waals surface area contributed by atoms with Crippen molar-refractivity contribution in [3.05, 3.63) is 12.4 Å². The lowest BCUT2D eigenvalue weighted by atomic mass is 10.0. The number of aryl methyl sites for hydroxylation is 1. The summed E-state index contributed by atoms with van der Waals surface area (Å²) in [5, 5.41) is 15.9. The molecule has 1 aromatic heterocycles. The standard InChI is InChI=1S/C13H20N4O4/c1-3-4-17(11-8-21-7-10(11)12(18)19)13(20)15-9-5-14-16(2)6-9/h5-6,10-11H,3-4,7-8H2,1-2H3,(H,15,20)(H,18,19). The van der Waals surface area contributed by atoms with Crippen LogP contribution >= 0.6 is 0 Å². The van der Waals surface area contributed by atoms with Crippen LogP contribution in [0.5, 0.6) is 0 Å². The van der Waals surface area contributed by atoms with Gasteiger partial charge in [-0.05, 0) is 6.42 Å². The SMILES string of the molecule is CCCN(C(=O)Nc1cnn(C)c1)C1COCC1C(=O)O. The van der Waals surface area contributed by atoms with E-state index in [1.807, 2.05) is 6.92 Å². The number of carboxylic acid groups (broad SMARTS) is 1. The Bertz CT molecular complexity index is 516. The zero-order chi connectivity index (χ0) is 15.4. The molecular formula is C13H20N4O4. The van der Waals surface area contributed by atoms with Crippen LogP contribution in [0, 0.1) is 5.92 Å². The van der Waals surface area contributed by atoms with E-state index in [9.17, 15) is 14.7 Å². The third-order valence-corrected chi connectivity index (χ3v) is 3.45. The number of amides is 2. The van der Waals surface area contributed by atoms with Gasteiger partial charge in [-0.1, -0.05) is 6.92 Å². The Kier molecular flexibility index (Phi) is 4.79. The minimum absolute atomic E-state index is 0.139. The Hall–Kier alpha value is -2.09. The smallest absolute Gasteiger partial charge is 0.322 e. The number of nitrogens with zero attached hydrogens (tertiary/aromatic N) is 3. The molecule has 1 aromatic rings. The highest BCUT2D eigenvalue weighted by atomic mass is 16.5. The van der Waals surface area contributed by atoms with Gasteiger partial charge in [-0.15, -0.1) is 0 Å². The Balaban J connectivity index is 2.10. The van der Waals surface area contributed by atoms with Gasteiger partial charge in [-0.3, -0.25) is 9.48 Å². The highest BCUT2D eigenvalue weighted by molar-refractivity contribution is 5.89. The summed E-state index contributed by atoms with van der Waals surface area (Å²) in [5.74, 6) is -1.62. The summed E-state index contributed by atoms with van der Waals surface area (Å²) in [6.45, 7) is 2.80. The molecule has 1 aliphatic heterocycles. The van der Waals surface area contributed by atoms with Gasteiger partial charge in [0.2, 0.25) is 0 Å². The van der Waals surface area contributed by atoms with Crippen molar-refractivity contribution in [2.75, 3.05) is 25.1 Å². The minimum atomic E-state index is -0.937. The first-order valence-electron chi connectivity index (χ1n) is 6.89. The lowest BCUT2D eigenvalue weighted by Gasteiger charge is -2.30. The lowest BCUT2D eigenvalue weighted by Crippen LogP contribution is -2.48. The van der Waals surface area contributed by atoms with E-state index >= 15 is 0 Å². The predicted octanol–water partition coefficient (Wildman–Crippen LogP) is 0.764. The van der Waals surface area contributed by atoms with Gasteiger partial charge in [-0.2, -0.15) is 5.10 Å². The van der Waals surface area contributed by atoms with Gasteiger partial charge in [-0.25, -0.2) is 4.79 Å². The van der Waals surface area contributed by atoms with Crippen LogP contribution < -0.4 is 5.32 Å². The molecular weight excluding hydrogens is 276 g/mol. The quantitative estimate of drug-likeness (QED) is 0.836. The molecule has 2 atom stereocenters. The summed E-state index contributed by atoms with van der Waals surface area (Å²) in [6, 6.07) is -0.772. The number of anilines is 1. The van der Waals surface area contributed by atoms with Crippen LogP contribution in [0.3, 0.4) is 0 Å². The van der Waals surface area contributed by atoms with E-state index in [1.165, 1.54) is 0 Å². The maximum absolute atomic E-state index is 12.4. The second-order valence-electron chi connectivity index (χ2n) is 5.08. The van der Waals surface area contributed by atoms with Crippen molar-refractivity contribution in [2.24, 2.45) is 13.0 Å². The largest absolute Gasteiger partial charge is 0.481 e. The summed E-state index contributed by atoms with van der Waals surface area (Å²) in [7, 11) is 1.75. The topological polar surface area (TPSA) is 96.7 Å². The summed E-state index contributed by atoms with van der Waals surface area (Å²) < 4.78 is 6.83. The highest BCUT2D eigenvalue weighted by Crippen LogP contribution is 2.21. The molecule has 1 fully saturated rings. The molecule has 2 amide bonds. The van der Waals surface area contributed by atoms with Crippen molar-refractivity contribution in [1.29, 1.82) is 0 Å². The molecule has 0 saturated carbocycles. The fraction of sp³-hybridized carbons (Fsp3) is 0.615. The number of hydrogen-bond acceptors (Lipinski definition) is 4. The molecule has 21 heavy (non-hydrogen) atoms. The third-order valence-electron chi connectivity index (χ3n) is 3.45. The van der Waals surface area contributed by atoms with Crippen LogP contribution in [0.15, 0.2) is 12.4 Å². The monoisotopic (exact) mass is 296 g/mol. The van der Waals surface area contributed by atoms with E-state index in [0.29, 0.717) is 12.2 Å². The number of aliphatic carboxylic acids is 1. The molecule has 0 aromatic carbocycles. The number of hydrogen-bond donors (Lipinski definition) is 2. The summed E-state index contributed by atoms with van der Waals surface area (Å²) in [5.41, 5.74) is 0.578. The van der Waals surface area contributed by atoms with Crippen LogP contribution in [0.4, 0.5) is 10.5 Å². The average molecular weight is 296 g/mol. The van der Waals surface area contributed by atoms with E-state index in [2.05, 4.69) is 10.4 Å². The fourth-order valence-corrected chi connectivity index (χ4v) is 2.43. The predicted molar refractivity (Wildman–Crippen MR) is 75.0 cm³/mol. The van der Waals surface area contributed by atoms with Gasteiger partial charge >= 0.3 is 12.0 Å². The van der Waals surface area contributed by atoms with Gasteiger partial charge < -0.3 is 20.1 Å². The average Bonchev–Trinajstić information content (AvgIpc) is 3.05. The molecule has 2 rings (SSSR count). The minimum Gasteiger partial charge on any atom is -0.481 e. The highest BCUT2D eigenvalue weighted by Gasteiger charge is 2.39. The maximum Gasteiger partial charge on any atom is 0.322 e. The summed E-state index contributed by atoms with van der Waals surface area (Å²) >= 11 is 0. The number of nitrogens with one attached hydrogen (secondary N) is 1. The third kappa shape index (κ3) is 3.52. The van der Waals surface area contributed by atoms with Crippen molar-refractivity contribution in [3.63, 3.8) is 0 Å². The molecule has 0 radical (unpaired) electrons. The molecule has 2 N–H and O–H groups in total. The molecule has 2 heterocycles. The molecule has 1 aliphatic rings. The van der Waals surface area contributed by atoms with Crippen LogP contribution in [0.25, 0.3) is 0 Å². The van der Waals surface area contributed by atoms with Crippen LogP contribution in [0.1, 0.15) is 13.3 Å². The van der Waals surface area contributed by atoms with E-state index in [0.717, 1.165) is 6.42 Å². The number of aromatic nitrogens is 2. The first kappa shape index (κ1) is 15.3. The Labute approximate surface area is 122 Å². The molecule has 2 unspecified atom stereocenters. The normalized spacial score (nSPS) is 21.2. The Morgan fingerprint density at radius 1 is 1.57 bits per heavy atom. The van der Waals surface area contributed by atoms with Crippen molar-refractivity contribution in [2.45, 2.75) is 19.4 Å².